The molecule has 144 valence electrons. The minimum Gasteiger partial charge on any atom is -0.494 e. The zero-order valence-electron chi connectivity index (χ0n) is 15.9. The standard InChI is InChI=1S/C22H24N4O2/c1-28-21-18(10-7-11-19(21)26-12-5-6-13-26)20(17-14-23-24-15-17)25-22(27)16-8-3-2-4-9-16/h2-4,7-11,14-15,20H,5-6,12-13H2,1H3,(H,23,24)(H,25,27). The van der Waals surface area contributed by atoms with Crippen LogP contribution in [0.4, 0.5) is 5.69 Å². The van der Waals surface area contributed by atoms with Crippen LogP contribution in [0.15, 0.2) is 60.9 Å². The van der Waals surface area contributed by atoms with Gasteiger partial charge in [0.15, 0.2) is 0 Å². The van der Waals surface area contributed by atoms with E-state index in [1.165, 1.54) is 12.8 Å². The van der Waals surface area contributed by atoms with Crippen LogP contribution in [0.1, 0.15) is 40.4 Å². The van der Waals surface area contributed by atoms with Crippen molar-refractivity contribution in [1.29, 1.82) is 0 Å². The van der Waals surface area contributed by atoms with Crippen LogP contribution in [0.3, 0.4) is 0 Å². The number of para-hydroxylation sites is 1. The maximum Gasteiger partial charge on any atom is 0.252 e. The molecule has 2 N–H and O–H groups in total. The molecule has 0 bridgehead atoms. The number of benzene rings is 2. The second-order valence-electron chi connectivity index (χ2n) is 6.90. The summed E-state index contributed by atoms with van der Waals surface area (Å²) >= 11 is 0. The molecule has 1 saturated heterocycles. The van der Waals surface area contributed by atoms with Gasteiger partial charge in [-0.25, -0.2) is 0 Å². The summed E-state index contributed by atoms with van der Waals surface area (Å²) in [4.78, 5) is 15.2. The van der Waals surface area contributed by atoms with Crippen LogP contribution in [0.2, 0.25) is 0 Å². The van der Waals surface area contributed by atoms with Gasteiger partial charge < -0.3 is 15.0 Å². The first-order chi connectivity index (χ1) is 13.8. The highest BCUT2D eigenvalue weighted by Crippen LogP contribution is 2.39. The van der Waals surface area contributed by atoms with Crippen LogP contribution >= 0.6 is 0 Å². The Morgan fingerprint density at radius 1 is 1.14 bits per heavy atom. The smallest absolute Gasteiger partial charge is 0.252 e. The number of aromatic nitrogens is 2. The Hall–Kier alpha value is -3.28. The van der Waals surface area contributed by atoms with Crippen molar-refractivity contribution in [1.82, 2.24) is 15.5 Å². The maximum atomic E-state index is 12.9. The molecule has 0 spiro atoms. The predicted molar refractivity (Wildman–Crippen MR) is 109 cm³/mol. The molecule has 1 amide bonds. The molecular weight excluding hydrogens is 352 g/mol. The number of hydrogen-bond donors (Lipinski definition) is 2. The third kappa shape index (κ3) is 3.58. The van der Waals surface area contributed by atoms with Gasteiger partial charge in [0.2, 0.25) is 0 Å². The number of carbonyl (C=O) groups is 1. The van der Waals surface area contributed by atoms with Gasteiger partial charge in [-0.05, 0) is 31.0 Å². The van der Waals surface area contributed by atoms with E-state index in [1.807, 2.05) is 30.3 Å². The van der Waals surface area contributed by atoms with Gasteiger partial charge in [-0.15, -0.1) is 0 Å². The number of nitrogens with one attached hydrogen (secondary N) is 2. The van der Waals surface area contributed by atoms with Crippen LogP contribution in [-0.4, -0.2) is 36.3 Å². The molecule has 4 rings (SSSR count). The zero-order chi connectivity index (χ0) is 19.3. The number of nitrogens with zero attached hydrogens (tertiary/aromatic N) is 2. The highest BCUT2D eigenvalue weighted by Gasteiger charge is 2.26. The number of ether oxygens (including phenoxy) is 1. The second kappa shape index (κ2) is 8.17. The van der Waals surface area contributed by atoms with E-state index in [9.17, 15) is 4.79 Å². The Morgan fingerprint density at radius 3 is 2.61 bits per heavy atom. The lowest BCUT2D eigenvalue weighted by molar-refractivity contribution is 0.0942. The molecule has 1 aliphatic rings. The molecule has 1 aliphatic heterocycles. The fourth-order valence-corrected chi connectivity index (χ4v) is 3.76. The van der Waals surface area contributed by atoms with Crippen LogP contribution in [0.5, 0.6) is 5.75 Å². The highest BCUT2D eigenvalue weighted by molar-refractivity contribution is 5.94. The maximum absolute atomic E-state index is 12.9. The number of methoxy groups -OCH3 is 1. The number of H-pyrrole nitrogens is 1. The van der Waals surface area contributed by atoms with E-state index in [-0.39, 0.29) is 11.9 Å². The average molecular weight is 376 g/mol. The predicted octanol–water partition coefficient (Wildman–Crippen LogP) is 3.54. The summed E-state index contributed by atoms with van der Waals surface area (Å²) in [6.07, 6.45) is 5.91. The summed E-state index contributed by atoms with van der Waals surface area (Å²) in [7, 11) is 1.68. The van der Waals surface area contributed by atoms with Gasteiger partial charge in [0.25, 0.3) is 5.91 Å². The van der Waals surface area contributed by atoms with Gasteiger partial charge in [-0.2, -0.15) is 5.10 Å². The molecule has 0 saturated carbocycles. The molecule has 3 aromatic rings. The SMILES string of the molecule is COc1c(C(NC(=O)c2ccccc2)c2cn[nH]c2)cccc1N1CCCC1. The molecular formula is C22H24N4O2. The van der Waals surface area contributed by atoms with Gasteiger partial charge in [0, 0.05) is 36.0 Å². The van der Waals surface area contributed by atoms with E-state index in [2.05, 4.69) is 26.5 Å². The molecule has 1 unspecified atom stereocenters. The van der Waals surface area contributed by atoms with Crippen molar-refractivity contribution >= 4 is 11.6 Å². The Morgan fingerprint density at radius 2 is 1.93 bits per heavy atom. The molecule has 0 aliphatic carbocycles. The molecule has 6 nitrogen and oxygen atoms in total. The summed E-state index contributed by atoms with van der Waals surface area (Å²) in [6.45, 7) is 2.04. The first kappa shape index (κ1) is 18.1. The lowest BCUT2D eigenvalue weighted by Crippen LogP contribution is -2.30. The number of aromatic amines is 1. The summed E-state index contributed by atoms with van der Waals surface area (Å²) in [5, 5.41) is 10.1. The van der Waals surface area contributed by atoms with Gasteiger partial charge in [-0.3, -0.25) is 9.89 Å². The summed E-state index contributed by atoms with van der Waals surface area (Å²) < 4.78 is 5.83. The lowest BCUT2D eigenvalue weighted by atomic mass is 9.98. The largest absolute Gasteiger partial charge is 0.494 e. The van der Waals surface area contributed by atoms with E-state index in [0.717, 1.165) is 35.7 Å². The third-order valence-electron chi connectivity index (χ3n) is 5.15. The van der Waals surface area contributed by atoms with Crippen LogP contribution in [0.25, 0.3) is 0 Å². The molecule has 0 radical (unpaired) electrons. The molecule has 1 fully saturated rings. The van der Waals surface area contributed by atoms with Crippen molar-refractivity contribution in [3.8, 4) is 5.75 Å². The number of anilines is 1. The van der Waals surface area contributed by atoms with Crippen molar-refractivity contribution in [3.05, 3.63) is 77.6 Å². The van der Waals surface area contributed by atoms with Crippen molar-refractivity contribution in [2.75, 3.05) is 25.1 Å². The second-order valence-corrected chi connectivity index (χ2v) is 6.90. The van der Waals surface area contributed by atoms with E-state index >= 15 is 0 Å². The van der Waals surface area contributed by atoms with Crippen LogP contribution in [0, 0.1) is 0 Å². The topological polar surface area (TPSA) is 70.2 Å². The Balaban J connectivity index is 1.73. The van der Waals surface area contributed by atoms with E-state index < -0.39 is 0 Å². The first-order valence-corrected chi connectivity index (χ1v) is 9.54. The fourth-order valence-electron chi connectivity index (χ4n) is 3.76. The summed E-state index contributed by atoms with van der Waals surface area (Å²) in [6, 6.07) is 15.0. The molecule has 28 heavy (non-hydrogen) atoms. The Kier molecular flexibility index (Phi) is 5.28. The quantitative estimate of drug-likeness (QED) is 0.690. The van der Waals surface area contributed by atoms with Crippen molar-refractivity contribution in [2.45, 2.75) is 18.9 Å². The van der Waals surface area contributed by atoms with Gasteiger partial charge >= 0.3 is 0 Å². The van der Waals surface area contributed by atoms with Crippen molar-refractivity contribution in [2.24, 2.45) is 0 Å². The highest BCUT2D eigenvalue weighted by atomic mass is 16.5. The number of hydrogen-bond acceptors (Lipinski definition) is 4. The zero-order valence-corrected chi connectivity index (χ0v) is 15.9. The van der Waals surface area contributed by atoms with E-state index in [4.69, 9.17) is 4.74 Å². The minimum atomic E-state index is -0.371. The van der Waals surface area contributed by atoms with Gasteiger partial charge in [0.05, 0.1) is 25.0 Å². The number of rotatable bonds is 6. The molecule has 1 aromatic heterocycles. The van der Waals surface area contributed by atoms with Crippen molar-refractivity contribution in [3.63, 3.8) is 0 Å². The molecule has 2 aromatic carbocycles. The van der Waals surface area contributed by atoms with Gasteiger partial charge in [-0.1, -0.05) is 30.3 Å². The van der Waals surface area contributed by atoms with Gasteiger partial charge in [0.1, 0.15) is 5.75 Å². The summed E-state index contributed by atoms with van der Waals surface area (Å²) in [5.74, 6) is 0.657. The molecule has 1 atom stereocenters. The first-order valence-electron chi connectivity index (χ1n) is 9.54. The number of carbonyl (C=O) groups excluding carboxylic acids is 1. The molecule has 6 heteroatoms. The lowest BCUT2D eigenvalue weighted by Gasteiger charge is -2.26. The summed E-state index contributed by atoms with van der Waals surface area (Å²) in [5.41, 5.74) is 3.48. The third-order valence-corrected chi connectivity index (χ3v) is 5.15. The number of amides is 1. The van der Waals surface area contributed by atoms with Crippen LogP contribution < -0.4 is 15.0 Å². The average Bonchev–Trinajstić information content (AvgIpc) is 3.46. The monoisotopic (exact) mass is 376 g/mol. The fraction of sp³-hybridized carbons (Fsp3) is 0.273. The Labute approximate surface area is 164 Å². The van der Waals surface area contributed by atoms with Crippen LogP contribution in [-0.2, 0) is 0 Å². The molecule has 2 heterocycles. The van der Waals surface area contributed by atoms with E-state index in [1.54, 1.807) is 31.6 Å². The Bertz CT molecular complexity index is 919. The normalized spacial score (nSPS) is 14.7. The van der Waals surface area contributed by atoms with Crippen molar-refractivity contribution < 1.29 is 9.53 Å². The minimum absolute atomic E-state index is 0.138. The van der Waals surface area contributed by atoms with E-state index in [0.29, 0.717) is 5.56 Å².